The number of rotatable bonds is 6. The molecule has 0 nitrogen and oxygen atoms in total. The van der Waals surface area contributed by atoms with Gasteiger partial charge in [0.05, 0.1) is 0 Å². The maximum atomic E-state index is 2.25. The molecule has 4 aromatic carbocycles. The van der Waals surface area contributed by atoms with Crippen molar-refractivity contribution in [2.45, 2.75) is 13.8 Å². The predicted octanol–water partition coefficient (Wildman–Crippen LogP) is 12.5. The molecule has 3 aromatic heterocycles. The highest BCUT2D eigenvalue weighted by molar-refractivity contribution is 7.19. The van der Waals surface area contributed by atoms with Gasteiger partial charge >= 0.3 is 0 Å². The fourth-order valence-corrected chi connectivity index (χ4v) is 8.03. The molecule has 0 saturated heterocycles. The van der Waals surface area contributed by atoms with Crippen LogP contribution in [0.3, 0.4) is 0 Å². The molecule has 0 unspecified atom stereocenters. The van der Waals surface area contributed by atoms with E-state index < -0.39 is 0 Å². The molecule has 0 fully saturated rings. The van der Waals surface area contributed by atoms with Gasteiger partial charge in [-0.05, 0) is 83.6 Å². The molecule has 7 rings (SSSR count). The van der Waals surface area contributed by atoms with Crippen LogP contribution in [0.15, 0.2) is 133 Å². The lowest BCUT2D eigenvalue weighted by atomic mass is 10.1. The molecule has 3 heterocycles. The highest BCUT2D eigenvalue weighted by Gasteiger charge is 2.10. The zero-order valence-corrected chi connectivity index (χ0v) is 25.4. The van der Waals surface area contributed by atoms with Crippen molar-refractivity contribution in [3.63, 3.8) is 0 Å². The van der Waals surface area contributed by atoms with Crippen molar-refractivity contribution in [2.24, 2.45) is 0 Å². The first-order valence-corrected chi connectivity index (χ1v) is 16.2. The van der Waals surface area contributed by atoms with Crippen LogP contribution in [0.1, 0.15) is 11.1 Å². The Morgan fingerprint density at radius 1 is 0.244 bits per heavy atom. The largest absolute Gasteiger partial charge is 0.135 e. The molecule has 3 heteroatoms. The summed E-state index contributed by atoms with van der Waals surface area (Å²) in [6, 6.07) is 49.0. The van der Waals surface area contributed by atoms with Crippen LogP contribution in [0.2, 0.25) is 0 Å². The molecule has 0 amide bonds. The van der Waals surface area contributed by atoms with Gasteiger partial charge < -0.3 is 0 Å². The lowest BCUT2D eigenvalue weighted by molar-refractivity contribution is 1.48. The Labute approximate surface area is 253 Å². The highest BCUT2D eigenvalue weighted by Crippen LogP contribution is 2.39. The Morgan fingerprint density at radius 2 is 0.415 bits per heavy atom. The van der Waals surface area contributed by atoms with Crippen molar-refractivity contribution in [3.8, 4) is 62.6 Å². The SMILES string of the molecule is Cc1ccc(-c2ccc(-c3ccc(-c4ccc(-c5ccc(-c6ccc(-c7ccc(C)cc7)s6)cc5)s4)cc3)s2)cc1. The van der Waals surface area contributed by atoms with Crippen molar-refractivity contribution in [1.29, 1.82) is 0 Å². The van der Waals surface area contributed by atoms with E-state index in [1.165, 1.54) is 73.8 Å². The zero-order chi connectivity index (χ0) is 27.8. The van der Waals surface area contributed by atoms with Crippen LogP contribution >= 0.6 is 34.0 Å². The molecule has 0 aliphatic rings. The lowest BCUT2D eigenvalue weighted by Crippen LogP contribution is -1.75. The van der Waals surface area contributed by atoms with Crippen molar-refractivity contribution in [3.05, 3.63) is 145 Å². The monoisotopic (exact) mass is 580 g/mol. The van der Waals surface area contributed by atoms with Crippen LogP contribution in [0.5, 0.6) is 0 Å². The summed E-state index contributed by atoms with van der Waals surface area (Å²) < 4.78 is 0. The van der Waals surface area contributed by atoms with Gasteiger partial charge in [-0.25, -0.2) is 0 Å². The first kappa shape index (κ1) is 25.9. The van der Waals surface area contributed by atoms with E-state index >= 15 is 0 Å². The second kappa shape index (κ2) is 11.1. The smallest absolute Gasteiger partial charge is 0.0349 e. The summed E-state index contributed by atoms with van der Waals surface area (Å²) in [5, 5.41) is 0. The second-order valence-electron chi connectivity index (χ2n) is 10.4. The number of hydrogen-bond acceptors (Lipinski definition) is 3. The Hall–Kier alpha value is -4.02. The molecule has 41 heavy (non-hydrogen) atoms. The first-order chi connectivity index (χ1) is 20.1. The maximum absolute atomic E-state index is 2.25. The summed E-state index contributed by atoms with van der Waals surface area (Å²) in [5.74, 6) is 0. The number of hydrogen-bond donors (Lipinski definition) is 0. The second-order valence-corrected chi connectivity index (χ2v) is 13.6. The third-order valence-electron chi connectivity index (χ3n) is 7.40. The fourth-order valence-electron chi connectivity index (χ4n) is 4.98. The number of thiophene rings is 3. The summed E-state index contributed by atoms with van der Waals surface area (Å²) in [5.41, 5.74) is 10.2. The number of benzene rings is 4. The third kappa shape index (κ3) is 5.49. The van der Waals surface area contributed by atoms with E-state index in [9.17, 15) is 0 Å². The van der Waals surface area contributed by atoms with Crippen LogP contribution in [0.25, 0.3) is 62.6 Å². The Morgan fingerprint density at radius 3 is 0.610 bits per heavy atom. The van der Waals surface area contributed by atoms with Gasteiger partial charge in [-0.3, -0.25) is 0 Å². The predicted molar refractivity (Wildman–Crippen MR) is 182 cm³/mol. The zero-order valence-electron chi connectivity index (χ0n) is 22.9. The lowest BCUT2D eigenvalue weighted by Gasteiger charge is -2.02. The molecule has 0 radical (unpaired) electrons. The van der Waals surface area contributed by atoms with Crippen molar-refractivity contribution in [1.82, 2.24) is 0 Å². The standard InChI is InChI=1S/C38H28S3/c1-25-3-7-27(8-4-25)33-19-21-35(39-33)29-11-15-31(16-12-29)37-23-24-38(41-37)32-17-13-30(14-18-32)36-22-20-34(40-36)28-9-5-26(2)6-10-28/h3-24H,1-2H3. The van der Waals surface area contributed by atoms with Crippen LogP contribution in [0.4, 0.5) is 0 Å². The van der Waals surface area contributed by atoms with Crippen molar-refractivity contribution >= 4 is 34.0 Å². The minimum Gasteiger partial charge on any atom is -0.135 e. The van der Waals surface area contributed by atoms with Gasteiger partial charge in [-0.1, -0.05) is 108 Å². The highest BCUT2D eigenvalue weighted by atomic mass is 32.1. The van der Waals surface area contributed by atoms with Crippen molar-refractivity contribution < 1.29 is 0 Å². The van der Waals surface area contributed by atoms with Gasteiger partial charge in [0.2, 0.25) is 0 Å². The average molecular weight is 581 g/mol. The minimum atomic E-state index is 1.26. The summed E-state index contributed by atoms with van der Waals surface area (Å²) in [6.07, 6.45) is 0. The summed E-state index contributed by atoms with van der Waals surface area (Å²) in [7, 11) is 0. The molecular formula is C38H28S3. The minimum absolute atomic E-state index is 1.26. The third-order valence-corrected chi connectivity index (χ3v) is 10.9. The fraction of sp³-hybridized carbons (Fsp3) is 0.0526. The van der Waals surface area contributed by atoms with E-state index in [0.717, 1.165) is 0 Å². The quantitative estimate of drug-likeness (QED) is 0.183. The van der Waals surface area contributed by atoms with E-state index in [4.69, 9.17) is 0 Å². The van der Waals surface area contributed by atoms with Crippen molar-refractivity contribution in [2.75, 3.05) is 0 Å². The molecule has 0 saturated carbocycles. The van der Waals surface area contributed by atoms with E-state index in [-0.39, 0.29) is 0 Å². The normalized spacial score (nSPS) is 11.2. The Balaban J connectivity index is 1.06. The van der Waals surface area contributed by atoms with Gasteiger partial charge in [0.25, 0.3) is 0 Å². The van der Waals surface area contributed by atoms with Gasteiger partial charge in [0, 0.05) is 29.3 Å². The van der Waals surface area contributed by atoms with Gasteiger partial charge in [-0.2, -0.15) is 0 Å². The van der Waals surface area contributed by atoms with Crippen LogP contribution < -0.4 is 0 Å². The molecule has 0 atom stereocenters. The Bertz CT molecular complexity index is 1770. The van der Waals surface area contributed by atoms with Crippen LogP contribution in [0, 0.1) is 13.8 Å². The van der Waals surface area contributed by atoms with Gasteiger partial charge in [-0.15, -0.1) is 34.0 Å². The first-order valence-electron chi connectivity index (χ1n) is 13.7. The van der Waals surface area contributed by atoms with E-state index in [1.54, 1.807) is 0 Å². The molecule has 7 aromatic rings. The van der Waals surface area contributed by atoms with Gasteiger partial charge in [0.15, 0.2) is 0 Å². The van der Waals surface area contributed by atoms with E-state index in [2.05, 4.69) is 147 Å². The number of aryl methyl sites for hydroxylation is 2. The average Bonchev–Trinajstić information content (AvgIpc) is 3.80. The van der Waals surface area contributed by atoms with E-state index in [1.807, 2.05) is 34.0 Å². The topological polar surface area (TPSA) is 0 Å². The summed E-state index contributed by atoms with van der Waals surface area (Å²) >= 11 is 5.56. The Kier molecular flexibility index (Phi) is 7.02. The summed E-state index contributed by atoms with van der Waals surface area (Å²) in [4.78, 5) is 7.81. The molecular weight excluding hydrogens is 553 g/mol. The molecule has 198 valence electrons. The van der Waals surface area contributed by atoms with E-state index in [0.29, 0.717) is 0 Å². The van der Waals surface area contributed by atoms with Crippen LogP contribution in [-0.2, 0) is 0 Å². The molecule has 0 spiro atoms. The van der Waals surface area contributed by atoms with Gasteiger partial charge in [0.1, 0.15) is 0 Å². The maximum Gasteiger partial charge on any atom is 0.0349 e. The molecule has 0 N–H and O–H groups in total. The molecule has 0 aliphatic carbocycles. The van der Waals surface area contributed by atoms with Crippen LogP contribution in [-0.4, -0.2) is 0 Å². The molecule has 0 bridgehead atoms. The summed E-state index contributed by atoms with van der Waals surface area (Å²) in [6.45, 7) is 4.26. The molecule has 0 aliphatic heterocycles.